The molecule has 0 aliphatic rings. The lowest BCUT2D eigenvalue weighted by Gasteiger charge is -2.20. The summed E-state index contributed by atoms with van der Waals surface area (Å²) in [6, 6.07) is 10.2. The van der Waals surface area contributed by atoms with Crippen molar-refractivity contribution < 1.29 is 18.7 Å². The van der Waals surface area contributed by atoms with Gasteiger partial charge in [0.1, 0.15) is 17.6 Å². The van der Waals surface area contributed by atoms with E-state index in [4.69, 9.17) is 4.74 Å². The van der Waals surface area contributed by atoms with Crippen LogP contribution >= 0.6 is 15.9 Å². The molecule has 0 aliphatic heterocycles. The molecule has 0 fully saturated rings. The Morgan fingerprint density at radius 1 is 1.24 bits per heavy atom. The molecule has 2 amide bonds. The quantitative estimate of drug-likeness (QED) is 0.460. The third kappa shape index (κ3) is 6.39. The number of hydrogen-bond acceptors (Lipinski definition) is 4. The average molecular weight is 464 g/mol. The Labute approximate surface area is 177 Å². The van der Waals surface area contributed by atoms with E-state index in [0.717, 1.165) is 4.47 Å². The first-order valence-corrected chi connectivity index (χ1v) is 9.93. The molecular formula is C21H23BrFN3O3. The van der Waals surface area contributed by atoms with Crippen LogP contribution in [0.3, 0.4) is 0 Å². The highest BCUT2D eigenvalue weighted by atomic mass is 79.9. The van der Waals surface area contributed by atoms with E-state index in [-0.39, 0.29) is 11.5 Å². The number of benzene rings is 2. The van der Waals surface area contributed by atoms with Gasteiger partial charge in [0.2, 0.25) is 0 Å². The Morgan fingerprint density at radius 3 is 2.62 bits per heavy atom. The monoisotopic (exact) mass is 463 g/mol. The van der Waals surface area contributed by atoms with Crippen LogP contribution in [0.25, 0.3) is 0 Å². The van der Waals surface area contributed by atoms with Crippen molar-refractivity contribution in [2.24, 2.45) is 11.0 Å². The first-order chi connectivity index (χ1) is 13.8. The number of hydrogen-bond donors (Lipinski definition) is 2. The van der Waals surface area contributed by atoms with Crippen molar-refractivity contribution in [3.63, 3.8) is 0 Å². The van der Waals surface area contributed by atoms with E-state index >= 15 is 0 Å². The van der Waals surface area contributed by atoms with E-state index in [1.54, 1.807) is 32.0 Å². The fourth-order valence-electron chi connectivity index (χ4n) is 2.54. The van der Waals surface area contributed by atoms with Crippen LogP contribution in [0.4, 0.5) is 4.39 Å². The molecule has 29 heavy (non-hydrogen) atoms. The summed E-state index contributed by atoms with van der Waals surface area (Å²) >= 11 is 3.38. The molecule has 0 saturated heterocycles. The smallest absolute Gasteiger partial charge is 0.262 e. The van der Waals surface area contributed by atoms with Gasteiger partial charge in [0.15, 0.2) is 0 Å². The maximum Gasteiger partial charge on any atom is 0.262 e. The number of halogens is 2. The summed E-state index contributed by atoms with van der Waals surface area (Å²) in [7, 11) is 0. The lowest BCUT2D eigenvalue weighted by atomic mass is 10.0. The third-order valence-corrected chi connectivity index (χ3v) is 4.50. The van der Waals surface area contributed by atoms with Gasteiger partial charge in [0.25, 0.3) is 11.8 Å². The van der Waals surface area contributed by atoms with Gasteiger partial charge in [-0.3, -0.25) is 9.59 Å². The Morgan fingerprint density at radius 2 is 1.97 bits per heavy atom. The molecule has 2 aromatic carbocycles. The van der Waals surface area contributed by atoms with Gasteiger partial charge in [0, 0.05) is 10.0 Å². The predicted octanol–water partition coefficient (Wildman–Crippen LogP) is 3.89. The molecule has 0 heterocycles. The third-order valence-electron chi connectivity index (χ3n) is 4.00. The Hall–Kier alpha value is -2.74. The molecule has 2 rings (SSSR count). The van der Waals surface area contributed by atoms with Crippen LogP contribution in [0.5, 0.6) is 5.75 Å². The topological polar surface area (TPSA) is 79.8 Å². The molecule has 1 unspecified atom stereocenters. The van der Waals surface area contributed by atoms with E-state index in [2.05, 4.69) is 31.8 Å². The highest BCUT2D eigenvalue weighted by Gasteiger charge is 2.25. The second-order valence-corrected chi connectivity index (χ2v) is 7.44. The number of ether oxygens (including phenoxy) is 1. The molecule has 0 saturated carbocycles. The van der Waals surface area contributed by atoms with Gasteiger partial charge < -0.3 is 10.1 Å². The van der Waals surface area contributed by atoms with Crippen molar-refractivity contribution >= 4 is 34.0 Å². The van der Waals surface area contributed by atoms with Gasteiger partial charge in [0.05, 0.1) is 18.4 Å². The molecule has 0 aromatic heterocycles. The van der Waals surface area contributed by atoms with Crippen LogP contribution in [0, 0.1) is 11.7 Å². The summed E-state index contributed by atoms with van der Waals surface area (Å²) < 4.78 is 20.2. The van der Waals surface area contributed by atoms with Crippen molar-refractivity contribution in [1.82, 2.24) is 10.7 Å². The van der Waals surface area contributed by atoms with E-state index in [1.807, 2.05) is 13.0 Å². The highest BCUT2D eigenvalue weighted by Crippen LogP contribution is 2.21. The number of nitrogens with one attached hydrogen (secondary N) is 2. The average Bonchev–Trinajstić information content (AvgIpc) is 2.68. The van der Waals surface area contributed by atoms with E-state index in [0.29, 0.717) is 17.9 Å². The maximum atomic E-state index is 13.8. The van der Waals surface area contributed by atoms with Crippen LogP contribution in [-0.2, 0) is 4.79 Å². The first kappa shape index (κ1) is 22.5. The van der Waals surface area contributed by atoms with Crippen molar-refractivity contribution in [1.29, 1.82) is 0 Å². The van der Waals surface area contributed by atoms with Gasteiger partial charge in [-0.05, 0) is 43.2 Å². The molecule has 6 nitrogen and oxygen atoms in total. The predicted molar refractivity (Wildman–Crippen MR) is 114 cm³/mol. The van der Waals surface area contributed by atoms with Crippen LogP contribution in [0.1, 0.15) is 36.7 Å². The van der Waals surface area contributed by atoms with E-state index in [9.17, 15) is 14.0 Å². The fraction of sp³-hybridized carbons (Fsp3) is 0.286. The van der Waals surface area contributed by atoms with Gasteiger partial charge in [-0.15, -0.1) is 0 Å². The number of amides is 2. The van der Waals surface area contributed by atoms with Crippen molar-refractivity contribution in [2.75, 3.05) is 6.61 Å². The second-order valence-electron chi connectivity index (χ2n) is 6.52. The van der Waals surface area contributed by atoms with Gasteiger partial charge in [-0.25, -0.2) is 9.82 Å². The molecule has 2 N–H and O–H groups in total. The molecule has 2 aromatic rings. The molecular weight excluding hydrogens is 441 g/mol. The fourth-order valence-corrected chi connectivity index (χ4v) is 2.92. The van der Waals surface area contributed by atoms with Gasteiger partial charge in [-0.1, -0.05) is 41.9 Å². The minimum Gasteiger partial charge on any atom is -0.493 e. The largest absolute Gasteiger partial charge is 0.493 e. The van der Waals surface area contributed by atoms with Crippen LogP contribution < -0.4 is 15.5 Å². The molecule has 1 atom stereocenters. The number of carbonyl (C=O) groups is 2. The Bertz CT molecular complexity index is 902. The summed E-state index contributed by atoms with van der Waals surface area (Å²) in [5.41, 5.74) is 2.98. The molecule has 0 radical (unpaired) electrons. The zero-order valence-corrected chi connectivity index (χ0v) is 18.0. The van der Waals surface area contributed by atoms with E-state index < -0.39 is 23.7 Å². The molecule has 0 spiro atoms. The summed E-state index contributed by atoms with van der Waals surface area (Å²) in [4.78, 5) is 24.9. The number of carbonyl (C=O) groups excluding carboxylic acids is 2. The zero-order valence-electron chi connectivity index (χ0n) is 16.4. The minimum atomic E-state index is -0.881. The minimum absolute atomic E-state index is 0.120. The second kappa shape index (κ2) is 10.7. The van der Waals surface area contributed by atoms with Gasteiger partial charge in [-0.2, -0.15) is 5.10 Å². The molecule has 154 valence electrons. The summed E-state index contributed by atoms with van der Waals surface area (Å²) in [5.74, 6) is -1.42. The van der Waals surface area contributed by atoms with E-state index in [1.165, 1.54) is 24.4 Å². The summed E-state index contributed by atoms with van der Waals surface area (Å²) in [5, 5.41) is 6.54. The summed E-state index contributed by atoms with van der Waals surface area (Å²) in [6.07, 6.45) is 1.46. The highest BCUT2D eigenvalue weighted by molar-refractivity contribution is 9.10. The number of nitrogens with zero attached hydrogens (tertiary/aromatic N) is 1. The SMILES string of the molecule is CCOc1ccc(Br)cc1/C=N/NC(=O)C(NC(=O)c1ccccc1F)C(C)C. The zero-order chi connectivity index (χ0) is 21.4. The number of rotatable bonds is 8. The molecule has 8 heteroatoms. The maximum absolute atomic E-state index is 13.8. The van der Waals surface area contributed by atoms with Crippen LogP contribution in [-0.4, -0.2) is 30.7 Å². The standard InChI is InChI=1S/C21H23BrFN3O3/c1-4-29-18-10-9-15(22)11-14(18)12-24-26-21(28)19(13(2)3)25-20(27)16-7-5-6-8-17(16)23/h5-13,19H,4H2,1-3H3,(H,25,27)(H,26,28)/b24-12+. The summed E-state index contributed by atoms with van der Waals surface area (Å²) in [6.45, 7) is 5.91. The number of hydrazone groups is 1. The lowest BCUT2D eigenvalue weighted by molar-refractivity contribution is -0.123. The molecule has 0 aliphatic carbocycles. The van der Waals surface area contributed by atoms with Gasteiger partial charge >= 0.3 is 0 Å². The van der Waals surface area contributed by atoms with Crippen LogP contribution in [0.2, 0.25) is 0 Å². The molecule has 0 bridgehead atoms. The Kier molecular flexibility index (Phi) is 8.33. The first-order valence-electron chi connectivity index (χ1n) is 9.14. The lowest BCUT2D eigenvalue weighted by Crippen LogP contribution is -2.48. The van der Waals surface area contributed by atoms with Crippen molar-refractivity contribution in [3.05, 3.63) is 63.9 Å². The van der Waals surface area contributed by atoms with Crippen molar-refractivity contribution in [3.8, 4) is 5.75 Å². The van der Waals surface area contributed by atoms with Crippen molar-refractivity contribution in [2.45, 2.75) is 26.8 Å². The van der Waals surface area contributed by atoms with Crippen LogP contribution in [0.15, 0.2) is 52.0 Å². The normalized spacial score (nSPS) is 12.1. The Balaban J connectivity index is 2.09.